The van der Waals surface area contributed by atoms with E-state index in [-0.39, 0.29) is 0 Å². The normalized spacial score (nSPS) is 11.8. The minimum Gasteiger partial charge on any atom is -0.386 e. The molecule has 0 aliphatic carbocycles. The van der Waals surface area contributed by atoms with Crippen molar-refractivity contribution in [3.8, 4) is 0 Å². The van der Waals surface area contributed by atoms with Crippen molar-refractivity contribution in [2.75, 3.05) is 0 Å². The first kappa shape index (κ1) is 16.6. The summed E-state index contributed by atoms with van der Waals surface area (Å²) in [7, 11) is 0. The number of aliphatic hydroxyl groups is 2. The Kier molecular flexibility index (Phi) is 6.75. The SMILES string of the molecule is CC(C)(O)c1cccc(C(C)(C)O)c1.II. The first-order chi connectivity index (χ1) is 7.21. The smallest absolute Gasteiger partial charge is 0.0840 e. The van der Waals surface area contributed by atoms with Crippen LogP contribution in [0.15, 0.2) is 24.3 Å². The number of benzene rings is 1. The van der Waals surface area contributed by atoms with Crippen molar-refractivity contribution in [2.24, 2.45) is 0 Å². The van der Waals surface area contributed by atoms with E-state index in [0.29, 0.717) is 0 Å². The molecule has 0 atom stereocenters. The van der Waals surface area contributed by atoms with Gasteiger partial charge in [-0.05, 0) is 38.8 Å². The lowest BCUT2D eigenvalue weighted by atomic mass is 9.91. The van der Waals surface area contributed by atoms with E-state index < -0.39 is 11.2 Å². The van der Waals surface area contributed by atoms with Crippen LogP contribution in [0.4, 0.5) is 0 Å². The van der Waals surface area contributed by atoms with Crippen molar-refractivity contribution in [1.82, 2.24) is 0 Å². The van der Waals surface area contributed by atoms with Gasteiger partial charge in [-0.1, -0.05) is 24.3 Å². The monoisotopic (exact) mass is 448 g/mol. The van der Waals surface area contributed by atoms with E-state index in [1.165, 1.54) is 0 Å². The molecule has 0 aliphatic heterocycles. The van der Waals surface area contributed by atoms with Crippen LogP contribution in [-0.4, -0.2) is 10.2 Å². The zero-order chi connectivity index (χ0) is 13.0. The largest absolute Gasteiger partial charge is 0.386 e. The molecule has 0 aromatic heterocycles. The second-order valence-corrected chi connectivity index (χ2v) is 4.70. The number of hydrogen-bond donors (Lipinski definition) is 2. The van der Waals surface area contributed by atoms with Gasteiger partial charge in [-0.3, -0.25) is 0 Å². The van der Waals surface area contributed by atoms with Gasteiger partial charge in [-0.2, -0.15) is 0 Å². The summed E-state index contributed by atoms with van der Waals surface area (Å²) < 4.78 is 0. The summed E-state index contributed by atoms with van der Waals surface area (Å²) in [6, 6.07) is 7.39. The van der Waals surface area contributed by atoms with Crippen LogP contribution in [0.25, 0.3) is 0 Å². The van der Waals surface area contributed by atoms with Gasteiger partial charge in [-0.25, -0.2) is 0 Å². The first-order valence-electron chi connectivity index (χ1n) is 4.91. The predicted molar refractivity (Wildman–Crippen MR) is 85.0 cm³/mol. The highest BCUT2D eigenvalue weighted by molar-refractivity contribution is 15.0. The molecule has 16 heavy (non-hydrogen) atoms. The Morgan fingerprint density at radius 2 is 1.19 bits per heavy atom. The van der Waals surface area contributed by atoms with Gasteiger partial charge in [-0.15, -0.1) is 0 Å². The molecule has 0 radical (unpaired) electrons. The molecular weight excluding hydrogens is 430 g/mol. The zero-order valence-electron chi connectivity index (χ0n) is 9.96. The molecule has 1 rings (SSSR count). The Morgan fingerprint density at radius 1 is 0.875 bits per heavy atom. The van der Waals surface area contributed by atoms with E-state index in [2.05, 4.69) is 37.2 Å². The fourth-order valence-electron chi connectivity index (χ4n) is 1.28. The maximum Gasteiger partial charge on any atom is 0.0840 e. The van der Waals surface area contributed by atoms with E-state index >= 15 is 0 Å². The summed E-state index contributed by atoms with van der Waals surface area (Å²) in [4.78, 5) is 0. The average molecular weight is 448 g/mol. The maximum absolute atomic E-state index is 9.80. The summed E-state index contributed by atoms with van der Waals surface area (Å²) in [6.07, 6.45) is 0. The molecule has 0 spiro atoms. The Hall–Kier alpha value is 0.600. The van der Waals surface area contributed by atoms with E-state index in [1.807, 2.05) is 24.3 Å². The number of hydrogen-bond acceptors (Lipinski definition) is 2. The van der Waals surface area contributed by atoms with Crippen molar-refractivity contribution < 1.29 is 10.2 Å². The Morgan fingerprint density at radius 3 is 1.44 bits per heavy atom. The van der Waals surface area contributed by atoms with Gasteiger partial charge >= 0.3 is 0 Å². The summed E-state index contributed by atoms with van der Waals surface area (Å²) in [6.45, 7) is 6.93. The van der Waals surface area contributed by atoms with Crippen LogP contribution in [-0.2, 0) is 11.2 Å². The van der Waals surface area contributed by atoms with Gasteiger partial charge in [0.25, 0.3) is 0 Å². The molecule has 1 aromatic rings. The predicted octanol–water partition coefficient (Wildman–Crippen LogP) is 3.91. The molecule has 0 amide bonds. The van der Waals surface area contributed by atoms with E-state index in [0.717, 1.165) is 11.1 Å². The van der Waals surface area contributed by atoms with Gasteiger partial charge in [0.1, 0.15) is 0 Å². The molecule has 0 heterocycles. The molecule has 4 heteroatoms. The van der Waals surface area contributed by atoms with Crippen LogP contribution < -0.4 is 0 Å². The zero-order valence-corrected chi connectivity index (χ0v) is 14.3. The minimum atomic E-state index is -0.860. The topological polar surface area (TPSA) is 40.5 Å². The van der Waals surface area contributed by atoms with Crippen molar-refractivity contribution in [3.63, 3.8) is 0 Å². The molecule has 0 saturated heterocycles. The Bertz CT molecular complexity index is 295. The highest BCUT2D eigenvalue weighted by Gasteiger charge is 2.20. The van der Waals surface area contributed by atoms with Gasteiger partial charge < -0.3 is 10.2 Å². The molecule has 92 valence electrons. The number of halogens is 2. The second kappa shape index (κ2) is 6.51. The molecule has 0 saturated carbocycles. The lowest BCUT2D eigenvalue weighted by Crippen LogP contribution is -2.19. The molecule has 1 aromatic carbocycles. The average Bonchev–Trinajstić information content (AvgIpc) is 2.18. The fraction of sp³-hybridized carbons (Fsp3) is 0.500. The highest BCUT2D eigenvalue weighted by Crippen LogP contribution is 2.25. The Balaban J connectivity index is 0.00000106. The first-order valence-corrected chi connectivity index (χ1v) is 11.2. The number of rotatable bonds is 2. The van der Waals surface area contributed by atoms with Crippen LogP contribution in [0.1, 0.15) is 38.8 Å². The third-order valence-corrected chi connectivity index (χ3v) is 2.28. The van der Waals surface area contributed by atoms with Gasteiger partial charge in [0.05, 0.1) is 11.2 Å². The summed E-state index contributed by atoms with van der Waals surface area (Å²) in [5.74, 6) is 0. The quantitative estimate of drug-likeness (QED) is 0.674. The van der Waals surface area contributed by atoms with Crippen LogP contribution in [0.2, 0.25) is 0 Å². The molecule has 0 bridgehead atoms. The molecule has 2 N–H and O–H groups in total. The van der Waals surface area contributed by atoms with Crippen LogP contribution in [0.3, 0.4) is 0 Å². The lowest BCUT2D eigenvalue weighted by Gasteiger charge is -2.22. The Labute approximate surface area is 121 Å². The summed E-state index contributed by atoms with van der Waals surface area (Å²) in [5.41, 5.74) is -0.0862. The summed E-state index contributed by atoms with van der Waals surface area (Å²) in [5, 5.41) is 19.6. The van der Waals surface area contributed by atoms with Crippen molar-refractivity contribution in [1.29, 1.82) is 0 Å². The van der Waals surface area contributed by atoms with Crippen LogP contribution in [0.5, 0.6) is 0 Å². The van der Waals surface area contributed by atoms with Crippen molar-refractivity contribution >= 4 is 37.2 Å². The van der Waals surface area contributed by atoms with E-state index in [1.54, 1.807) is 27.7 Å². The lowest BCUT2D eigenvalue weighted by molar-refractivity contribution is 0.0718. The van der Waals surface area contributed by atoms with Gasteiger partial charge in [0.2, 0.25) is 0 Å². The molecule has 0 unspecified atom stereocenters. The van der Waals surface area contributed by atoms with Gasteiger partial charge in [0, 0.05) is 37.2 Å². The van der Waals surface area contributed by atoms with E-state index in [4.69, 9.17) is 0 Å². The van der Waals surface area contributed by atoms with Crippen LogP contribution in [0, 0.1) is 0 Å². The third-order valence-electron chi connectivity index (χ3n) is 2.28. The van der Waals surface area contributed by atoms with Gasteiger partial charge in [0.15, 0.2) is 0 Å². The third kappa shape index (κ3) is 5.29. The second-order valence-electron chi connectivity index (χ2n) is 4.70. The van der Waals surface area contributed by atoms with E-state index in [9.17, 15) is 10.2 Å². The van der Waals surface area contributed by atoms with Crippen molar-refractivity contribution in [2.45, 2.75) is 38.9 Å². The van der Waals surface area contributed by atoms with Crippen molar-refractivity contribution in [3.05, 3.63) is 35.4 Å². The minimum absolute atomic E-state index is 0.817. The standard InChI is InChI=1S/C12H18O2.I2/c1-11(2,13)9-6-5-7-10(8-9)12(3,4)14;1-2/h5-8,13-14H,1-4H3;. The molecular formula is C12H18I2O2. The summed E-state index contributed by atoms with van der Waals surface area (Å²) >= 11 is 4.24. The molecule has 0 aliphatic rings. The highest BCUT2D eigenvalue weighted by atomic mass is 128. The molecule has 0 fully saturated rings. The maximum atomic E-state index is 9.80. The fourth-order valence-corrected chi connectivity index (χ4v) is 1.28. The molecule has 2 nitrogen and oxygen atoms in total. The van der Waals surface area contributed by atoms with Crippen LogP contribution >= 0.6 is 37.2 Å².